The molecule has 1 aliphatic heterocycles. The number of hydrogen-bond donors (Lipinski definition) is 2. The fraction of sp³-hybridized carbons (Fsp3) is 0.143. The number of pyridine rings is 1. The molecule has 3 rings (SSSR count). The largest absolute Gasteiger partial charge is 0.373 e. The van der Waals surface area contributed by atoms with Gasteiger partial charge in [-0.3, -0.25) is 4.79 Å². The molecule has 0 atom stereocenters. The monoisotopic (exact) mass is 387 g/mol. The van der Waals surface area contributed by atoms with Crippen molar-refractivity contribution in [2.45, 2.75) is 6.42 Å². The van der Waals surface area contributed by atoms with Crippen molar-refractivity contribution in [3.63, 3.8) is 0 Å². The van der Waals surface area contributed by atoms with E-state index in [-0.39, 0.29) is 29.5 Å². The number of anilines is 2. The molecule has 4 nitrogen and oxygen atoms in total. The Hall–Kier alpha value is -1.73. The minimum Gasteiger partial charge on any atom is -0.373 e. The lowest BCUT2D eigenvalue weighted by Crippen LogP contribution is -2.29. The summed E-state index contributed by atoms with van der Waals surface area (Å²) in [6.07, 6.45) is 1.54. The molecule has 0 fully saturated rings. The maximum Gasteiger partial charge on any atom is 0.244 e. The summed E-state index contributed by atoms with van der Waals surface area (Å²) in [5, 5.41) is 5.30. The average molecular weight is 389 g/mol. The summed E-state index contributed by atoms with van der Waals surface area (Å²) >= 11 is 9.21. The van der Waals surface area contributed by atoms with Gasteiger partial charge in [-0.15, -0.1) is 0 Å². The zero-order valence-corrected chi connectivity index (χ0v) is 13.4. The van der Waals surface area contributed by atoms with Gasteiger partial charge in [0.1, 0.15) is 11.6 Å². The Bertz CT molecular complexity index is 785. The first-order valence-corrected chi connectivity index (χ1v) is 7.48. The van der Waals surface area contributed by atoms with Crippen LogP contribution in [0.2, 0.25) is 5.02 Å². The van der Waals surface area contributed by atoms with Crippen LogP contribution < -0.4 is 10.6 Å². The van der Waals surface area contributed by atoms with Crippen LogP contribution in [0.15, 0.2) is 22.8 Å². The maximum atomic E-state index is 14.0. The predicted molar refractivity (Wildman–Crippen MR) is 83.2 cm³/mol. The molecule has 0 saturated heterocycles. The molecule has 1 aromatic carbocycles. The number of rotatable bonds is 2. The summed E-state index contributed by atoms with van der Waals surface area (Å²) in [6.45, 7) is 0.0809. The molecule has 8 heteroatoms. The van der Waals surface area contributed by atoms with Gasteiger partial charge in [0.2, 0.25) is 5.91 Å². The highest BCUT2D eigenvalue weighted by Crippen LogP contribution is 2.36. The maximum absolute atomic E-state index is 14.0. The van der Waals surface area contributed by atoms with Gasteiger partial charge in [0.25, 0.3) is 0 Å². The number of hydrogen-bond acceptors (Lipinski definition) is 3. The number of carbonyl (C=O) groups excluding carboxylic acids is 1. The average Bonchev–Trinajstić information content (AvgIpc) is 2.49. The van der Waals surface area contributed by atoms with Crippen LogP contribution in [0, 0.1) is 11.6 Å². The molecule has 0 radical (unpaired) electrons. The van der Waals surface area contributed by atoms with Gasteiger partial charge in [-0.1, -0.05) is 11.6 Å². The minimum atomic E-state index is -0.682. The number of amides is 1. The van der Waals surface area contributed by atoms with Crippen molar-refractivity contribution < 1.29 is 13.6 Å². The topological polar surface area (TPSA) is 54.0 Å². The summed E-state index contributed by atoms with van der Waals surface area (Å²) in [5.41, 5.74) is 1.25. The van der Waals surface area contributed by atoms with Gasteiger partial charge in [0.15, 0.2) is 5.82 Å². The van der Waals surface area contributed by atoms with Crippen LogP contribution in [-0.4, -0.2) is 17.4 Å². The third kappa shape index (κ3) is 2.66. The molecule has 1 amide bonds. The van der Waals surface area contributed by atoms with E-state index < -0.39 is 11.6 Å². The summed E-state index contributed by atoms with van der Waals surface area (Å²) in [4.78, 5) is 15.5. The molecule has 0 spiro atoms. The molecule has 2 aromatic rings. The van der Waals surface area contributed by atoms with E-state index >= 15 is 0 Å². The van der Waals surface area contributed by atoms with E-state index in [2.05, 4.69) is 31.5 Å². The highest BCUT2D eigenvalue weighted by atomic mass is 79.9. The molecular formula is C14H9BrClF2N3O. The van der Waals surface area contributed by atoms with E-state index in [0.29, 0.717) is 21.5 Å². The SMILES string of the molecule is O=C1CNc2c(ncc(Br)c2Cc2c(F)ccc(F)c2Cl)N1. The number of halogens is 4. The first kappa shape index (κ1) is 15.2. The quantitative estimate of drug-likeness (QED) is 0.771. The van der Waals surface area contributed by atoms with Crippen molar-refractivity contribution in [3.8, 4) is 0 Å². The second kappa shape index (κ2) is 5.81. The van der Waals surface area contributed by atoms with Gasteiger partial charge < -0.3 is 10.6 Å². The van der Waals surface area contributed by atoms with Crippen LogP contribution >= 0.6 is 27.5 Å². The van der Waals surface area contributed by atoms with E-state index in [1.165, 1.54) is 6.20 Å². The summed E-state index contributed by atoms with van der Waals surface area (Å²) in [7, 11) is 0. The van der Waals surface area contributed by atoms with Crippen molar-refractivity contribution in [1.82, 2.24) is 4.98 Å². The number of nitrogens with zero attached hydrogens (tertiary/aromatic N) is 1. The molecule has 0 unspecified atom stereocenters. The van der Waals surface area contributed by atoms with Gasteiger partial charge >= 0.3 is 0 Å². The zero-order valence-electron chi connectivity index (χ0n) is 11.0. The summed E-state index contributed by atoms with van der Waals surface area (Å²) in [5.74, 6) is -1.15. The predicted octanol–water partition coefficient (Wildman–Crippen LogP) is 3.73. The highest BCUT2D eigenvalue weighted by Gasteiger charge is 2.22. The molecule has 22 heavy (non-hydrogen) atoms. The van der Waals surface area contributed by atoms with E-state index in [4.69, 9.17) is 11.6 Å². The smallest absolute Gasteiger partial charge is 0.244 e. The Morgan fingerprint density at radius 2 is 2.00 bits per heavy atom. The second-order valence-corrected chi connectivity index (χ2v) is 5.94. The van der Waals surface area contributed by atoms with Crippen molar-refractivity contribution in [1.29, 1.82) is 0 Å². The molecule has 2 N–H and O–H groups in total. The Kier molecular flexibility index (Phi) is 4.01. The molecular weight excluding hydrogens is 380 g/mol. The van der Waals surface area contributed by atoms with Crippen LogP contribution in [0.4, 0.5) is 20.3 Å². The van der Waals surface area contributed by atoms with Gasteiger partial charge in [0, 0.05) is 22.7 Å². The molecule has 114 valence electrons. The lowest BCUT2D eigenvalue weighted by molar-refractivity contribution is -0.114. The molecule has 1 aliphatic rings. The van der Waals surface area contributed by atoms with Crippen LogP contribution in [0.3, 0.4) is 0 Å². The summed E-state index contributed by atoms with van der Waals surface area (Å²) in [6, 6.07) is 2.02. The third-order valence-electron chi connectivity index (χ3n) is 3.31. The normalized spacial score (nSPS) is 13.4. The Balaban J connectivity index is 2.09. The van der Waals surface area contributed by atoms with Crippen LogP contribution in [-0.2, 0) is 11.2 Å². The van der Waals surface area contributed by atoms with E-state index in [0.717, 1.165) is 12.1 Å². The fourth-order valence-electron chi connectivity index (χ4n) is 2.24. The Labute approximate surface area is 138 Å². The van der Waals surface area contributed by atoms with E-state index in [1.807, 2.05) is 0 Å². The number of aromatic nitrogens is 1. The number of carbonyl (C=O) groups is 1. The summed E-state index contributed by atoms with van der Waals surface area (Å²) < 4.78 is 28.1. The van der Waals surface area contributed by atoms with Crippen molar-refractivity contribution in [2.75, 3.05) is 17.2 Å². The Morgan fingerprint density at radius 1 is 1.27 bits per heavy atom. The molecule has 0 saturated carbocycles. The van der Waals surface area contributed by atoms with E-state index in [1.54, 1.807) is 0 Å². The lowest BCUT2D eigenvalue weighted by atomic mass is 10.0. The third-order valence-corrected chi connectivity index (χ3v) is 4.40. The van der Waals surface area contributed by atoms with Crippen molar-refractivity contribution >= 4 is 44.9 Å². The minimum absolute atomic E-state index is 0.0504. The molecule has 2 heterocycles. The molecule has 0 aliphatic carbocycles. The van der Waals surface area contributed by atoms with Crippen LogP contribution in [0.5, 0.6) is 0 Å². The van der Waals surface area contributed by atoms with Gasteiger partial charge in [-0.05, 0) is 33.6 Å². The number of fused-ring (bicyclic) bond motifs is 1. The van der Waals surface area contributed by atoms with Crippen molar-refractivity contribution in [2.24, 2.45) is 0 Å². The van der Waals surface area contributed by atoms with Crippen LogP contribution in [0.1, 0.15) is 11.1 Å². The highest BCUT2D eigenvalue weighted by molar-refractivity contribution is 9.10. The van der Waals surface area contributed by atoms with Crippen molar-refractivity contribution in [3.05, 3.63) is 50.6 Å². The first-order chi connectivity index (χ1) is 10.5. The molecule has 0 bridgehead atoms. The fourth-order valence-corrected chi connectivity index (χ4v) is 2.90. The van der Waals surface area contributed by atoms with E-state index in [9.17, 15) is 13.6 Å². The number of benzene rings is 1. The Morgan fingerprint density at radius 3 is 2.77 bits per heavy atom. The zero-order chi connectivity index (χ0) is 15.9. The molecule has 1 aromatic heterocycles. The van der Waals surface area contributed by atoms with Gasteiger partial charge in [-0.2, -0.15) is 0 Å². The number of nitrogens with one attached hydrogen (secondary N) is 2. The van der Waals surface area contributed by atoms with Crippen LogP contribution in [0.25, 0.3) is 0 Å². The second-order valence-electron chi connectivity index (χ2n) is 4.71. The first-order valence-electron chi connectivity index (χ1n) is 6.31. The van der Waals surface area contributed by atoms with Gasteiger partial charge in [0.05, 0.1) is 17.3 Å². The standard InChI is InChI=1S/C14H9BrClF2N3O/c15-8-4-20-14-13(19-5-11(22)21-14)6(8)3-7-9(17)1-2-10(18)12(7)16/h1-2,4,19H,3,5H2,(H,20,21,22). The van der Waals surface area contributed by atoms with Gasteiger partial charge in [-0.25, -0.2) is 13.8 Å². The lowest BCUT2D eigenvalue weighted by Gasteiger charge is -2.22.